The third-order valence-corrected chi connectivity index (χ3v) is 1.74. The molecule has 12 heavy (non-hydrogen) atoms. The first kappa shape index (κ1) is 11.1. The Morgan fingerprint density at radius 1 is 1.58 bits per heavy atom. The molecular weight excluding hydrogens is 154 g/mol. The van der Waals surface area contributed by atoms with Gasteiger partial charge in [0, 0.05) is 5.71 Å². The van der Waals surface area contributed by atoms with E-state index in [1.165, 1.54) is 0 Å². The summed E-state index contributed by atoms with van der Waals surface area (Å²) in [5.74, 6) is -0.453. The van der Waals surface area contributed by atoms with Gasteiger partial charge in [-0.1, -0.05) is 26.7 Å². The molecule has 0 heterocycles. The van der Waals surface area contributed by atoms with Gasteiger partial charge in [-0.3, -0.25) is 4.79 Å². The largest absolute Gasteiger partial charge is 0.481 e. The number of nitrogens with one attached hydrogen (secondary N) is 1. The molecule has 3 heteroatoms. The van der Waals surface area contributed by atoms with Crippen molar-refractivity contribution in [2.24, 2.45) is 5.92 Å². The van der Waals surface area contributed by atoms with E-state index in [1.807, 2.05) is 0 Å². The van der Waals surface area contributed by atoms with E-state index in [0.717, 1.165) is 12.8 Å². The van der Waals surface area contributed by atoms with Gasteiger partial charge in [-0.25, -0.2) is 0 Å². The molecule has 3 nitrogen and oxygen atoms in total. The Hall–Kier alpha value is -0.860. The first-order chi connectivity index (χ1) is 5.56. The van der Waals surface area contributed by atoms with Crippen LogP contribution in [0.4, 0.5) is 0 Å². The summed E-state index contributed by atoms with van der Waals surface area (Å²) in [5, 5.41) is 15.7. The number of rotatable bonds is 6. The highest BCUT2D eigenvalue weighted by Crippen LogP contribution is 2.11. The molecule has 0 aromatic carbocycles. The van der Waals surface area contributed by atoms with Crippen LogP contribution in [0.25, 0.3) is 0 Å². The molecule has 70 valence electrons. The molecule has 1 atom stereocenters. The third-order valence-electron chi connectivity index (χ3n) is 1.74. The smallest absolute Gasteiger partial charge is 0.309 e. The molecule has 0 aliphatic carbocycles. The first-order valence-corrected chi connectivity index (χ1v) is 4.34. The number of hydrogen-bond donors (Lipinski definition) is 2. The quantitative estimate of drug-likeness (QED) is 0.602. The Bertz CT molecular complexity index is 166. The number of hydrogen-bond acceptors (Lipinski definition) is 2. The van der Waals surface area contributed by atoms with Crippen molar-refractivity contribution in [3.8, 4) is 0 Å². The second-order valence-corrected chi connectivity index (χ2v) is 3.27. The zero-order valence-electron chi connectivity index (χ0n) is 7.76. The summed E-state index contributed by atoms with van der Waals surface area (Å²) in [6.45, 7) is 4.15. The van der Waals surface area contributed by atoms with Crippen LogP contribution in [0.15, 0.2) is 0 Å². The zero-order valence-corrected chi connectivity index (χ0v) is 7.76. The number of aliphatic carboxylic acids is 1. The molecule has 0 aliphatic rings. The molecule has 2 N–H and O–H groups in total. The predicted molar refractivity (Wildman–Crippen MR) is 48.7 cm³/mol. The molecule has 0 unspecified atom stereocenters. The molecule has 0 fully saturated rings. The van der Waals surface area contributed by atoms with Crippen molar-refractivity contribution in [3.05, 3.63) is 0 Å². The molecule has 0 spiro atoms. The number of carbonyl (C=O) groups is 1. The summed E-state index contributed by atoms with van der Waals surface area (Å²) in [4.78, 5) is 10.2. The summed E-state index contributed by atoms with van der Waals surface area (Å²) >= 11 is 0. The van der Waals surface area contributed by atoms with Gasteiger partial charge in [-0.15, -0.1) is 0 Å². The van der Waals surface area contributed by atoms with Crippen LogP contribution in [0, 0.1) is 11.3 Å². The topological polar surface area (TPSA) is 61.2 Å². The lowest BCUT2D eigenvalue weighted by atomic mass is 9.98. The maximum Gasteiger partial charge on any atom is 0.309 e. The average molecular weight is 171 g/mol. The summed E-state index contributed by atoms with van der Waals surface area (Å²) < 4.78 is 0. The molecule has 0 saturated carbocycles. The number of carboxylic acid groups (broad SMARTS) is 1. The lowest BCUT2D eigenvalue weighted by Crippen LogP contribution is -2.09. The first-order valence-electron chi connectivity index (χ1n) is 4.34. The molecule has 0 radical (unpaired) electrons. The van der Waals surface area contributed by atoms with Gasteiger partial charge in [-0.2, -0.15) is 0 Å². The summed E-state index contributed by atoms with van der Waals surface area (Å²) in [6, 6.07) is 0. The van der Waals surface area contributed by atoms with Crippen LogP contribution in [-0.4, -0.2) is 16.8 Å². The van der Waals surface area contributed by atoms with Gasteiger partial charge in [0.25, 0.3) is 0 Å². The fourth-order valence-electron chi connectivity index (χ4n) is 1.27. The normalized spacial score (nSPS) is 12.5. The van der Waals surface area contributed by atoms with Crippen LogP contribution in [0.1, 0.15) is 39.5 Å². The van der Waals surface area contributed by atoms with Crippen LogP contribution in [0.2, 0.25) is 0 Å². The molecule has 0 aliphatic heterocycles. The van der Waals surface area contributed by atoms with E-state index in [4.69, 9.17) is 10.5 Å². The highest BCUT2D eigenvalue weighted by molar-refractivity contribution is 5.96. The molecule has 0 rings (SSSR count). The van der Waals surface area contributed by atoms with Gasteiger partial charge in [-0.05, 0) is 12.3 Å². The van der Waals surface area contributed by atoms with Crippen molar-refractivity contribution in [1.29, 1.82) is 5.41 Å². The van der Waals surface area contributed by atoms with Crippen molar-refractivity contribution < 1.29 is 9.90 Å². The lowest BCUT2D eigenvalue weighted by Gasteiger charge is -2.08. The number of carboxylic acids is 1. The van der Waals surface area contributed by atoms with Gasteiger partial charge in [0.1, 0.15) is 0 Å². The Balaban J connectivity index is 3.61. The second kappa shape index (κ2) is 5.75. The standard InChI is InChI=1S/C9H17NO2/c1-3-4-7(2)5-8(10)6-9(11)12/h7,10H,3-6H2,1-2H3,(H,11,12)/t7-/m1/s1. The fourth-order valence-corrected chi connectivity index (χ4v) is 1.27. The lowest BCUT2D eigenvalue weighted by molar-refractivity contribution is -0.135. The van der Waals surface area contributed by atoms with Gasteiger partial charge in [0.05, 0.1) is 6.42 Å². The van der Waals surface area contributed by atoms with Crippen molar-refractivity contribution >= 4 is 11.7 Å². The van der Waals surface area contributed by atoms with Gasteiger partial charge in [0.2, 0.25) is 0 Å². The van der Waals surface area contributed by atoms with Gasteiger partial charge >= 0.3 is 5.97 Å². The monoisotopic (exact) mass is 171 g/mol. The van der Waals surface area contributed by atoms with Gasteiger partial charge < -0.3 is 10.5 Å². The fraction of sp³-hybridized carbons (Fsp3) is 0.778. The Labute approximate surface area is 73.3 Å². The van der Waals surface area contributed by atoms with Crippen molar-refractivity contribution in [3.63, 3.8) is 0 Å². The molecular formula is C9H17NO2. The minimum absolute atomic E-state index is 0.103. The Kier molecular flexibility index (Phi) is 5.34. The minimum Gasteiger partial charge on any atom is -0.481 e. The summed E-state index contributed by atoms with van der Waals surface area (Å²) in [5.41, 5.74) is 0.337. The van der Waals surface area contributed by atoms with Gasteiger partial charge in [0.15, 0.2) is 0 Å². The maximum absolute atomic E-state index is 10.2. The van der Waals surface area contributed by atoms with E-state index >= 15 is 0 Å². The predicted octanol–water partition coefficient (Wildman–Crippen LogP) is 2.31. The molecule has 0 bridgehead atoms. The highest BCUT2D eigenvalue weighted by atomic mass is 16.4. The van der Waals surface area contributed by atoms with E-state index in [1.54, 1.807) is 0 Å². The van der Waals surface area contributed by atoms with Crippen LogP contribution in [-0.2, 0) is 4.79 Å². The molecule has 0 amide bonds. The minimum atomic E-state index is -0.899. The van der Waals surface area contributed by atoms with E-state index in [9.17, 15) is 4.79 Å². The van der Waals surface area contributed by atoms with Crippen molar-refractivity contribution in [2.45, 2.75) is 39.5 Å². The zero-order chi connectivity index (χ0) is 9.56. The highest BCUT2D eigenvalue weighted by Gasteiger charge is 2.08. The second-order valence-electron chi connectivity index (χ2n) is 3.27. The molecule has 0 aromatic rings. The van der Waals surface area contributed by atoms with E-state index < -0.39 is 5.97 Å². The molecule has 0 saturated heterocycles. The van der Waals surface area contributed by atoms with Crippen molar-refractivity contribution in [1.82, 2.24) is 0 Å². The maximum atomic E-state index is 10.2. The van der Waals surface area contributed by atoms with Crippen LogP contribution in [0.3, 0.4) is 0 Å². The summed E-state index contributed by atoms with van der Waals surface area (Å²) in [6.07, 6.45) is 2.69. The SMILES string of the molecule is CCC[C@@H](C)CC(=N)CC(=O)O. The van der Waals surface area contributed by atoms with E-state index in [2.05, 4.69) is 13.8 Å². The Morgan fingerprint density at radius 2 is 2.17 bits per heavy atom. The van der Waals surface area contributed by atoms with Crippen LogP contribution in [0.5, 0.6) is 0 Å². The average Bonchev–Trinajstić information content (AvgIpc) is 1.84. The molecule has 0 aromatic heterocycles. The van der Waals surface area contributed by atoms with Crippen LogP contribution < -0.4 is 0 Å². The van der Waals surface area contributed by atoms with E-state index in [-0.39, 0.29) is 6.42 Å². The van der Waals surface area contributed by atoms with Crippen molar-refractivity contribution in [2.75, 3.05) is 0 Å². The van der Waals surface area contributed by atoms with Crippen LogP contribution >= 0.6 is 0 Å². The summed E-state index contributed by atoms with van der Waals surface area (Å²) in [7, 11) is 0. The van der Waals surface area contributed by atoms with E-state index in [0.29, 0.717) is 18.1 Å². The Morgan fingerprint density at radius 3 is 2.58 bits per heavy atom. The third kappa shape index (κ3) is 5.89.